The molecule has 58 heavy (non-hydrogen) atoms. The molecule has 4 unspecified atom stereocenters. The molecule has 0 amide bonds. The maximum absolute atomic E-state index is 10.6. The van der Waals surface area contributed by atoms with Crippen molar-refractivity contribution in [1.82, 2.24) is 0 Å². The average Bonchev–Trinajstić information content (AvgIpc) is 3.16. The number of hydrogen-bond acceptors (Lipinski definition) is 12. The Kier molecular flexibility index (Phi) is 37.5. The van der Waals surface area contributed by atoms with Gasteiger partial charge in [0.1, 0.15) is 13.2 Å². The van der Waals surface area contributed by atoms with Crippen LogP contribution < -0.4 is 0 Å². The van der Waals surface area contributed by atoms with E-state index in [0.717, 1.165) is 57.1 Å². The third kappa shape index (κ3) is 37.7. The van der Waals surface area contributed by atoms with Crippen LogP contribution in [0.15, 0.2) is 24.8 Å². The third-order valence-electron chi connectivity index (χ3n) is 9.17. The zero-order chi connectivity index (χ0) is 44.0. The molecule has 0 saturated carbocycles. The predicted molar refractivity (Wildman–Crippen MR) is 226 cm³/mol. The Morgan fingerprint density at radius 3 is 1.29 bits per heavy atom. The molecule has 0 heterocycles. The maximum atomic E-state index is 10.6. The molecule has 8 N–H and O–H groups in total. The quantitative estimate of drug-likeness (QED) is 0.0113. The van der Waals surface area contributed by atoms with E-state index in [9.17, 15) is 34.8 Å². The van der Waals surface area contributed by atoms with Crippen molar-refractivity contribution in [1.29, 1.82) is 0 Å². The van der Waals surface area contributed by atoms with E-state index in [0.29, 0.717) is 12.8 Å². The number of hydrogen-bond donors (Lipinski definition) is 8. The Morgan fingerprint density at radius 2 is 0.966 bits per heavy atom. The second-order valence-corrected chi connectivity index (χ2v) is 14.8. The lowest BCUT2D eigenvalue weighted by molar-refractivity contribution is -0.145. The number of esters is 2. The minimum Gasteiger partial charge on any atom is -0.504 e. The standard InChI is InChI=1S/C19H36O4.C19H34O4.C7H6O5/c2*1-3-4-5-6-7-8-9-10-11-12-13-14-18(21)15-19(22)16-23-17(2)20;8-4-1-3(7(11)12)2-5(9)6(4)10/h3,18-19,21-22H,1,4-16H2,2H3;1,18-19,21-22H,4-16H2,2H3;1-2,8-10H,(H,11,12). The molecule has 1 rings (SSSR count). The summed E-state index contributed by atoms with van der Waals surface area (Å²) < 4.78 is 9.42. The van der Waals surface area contributed by atoms with E-state index in [1.165, 1.54) is 97.3 Å². The summed E-state index contributed by atoms with van der Waals surface area (Å²) in [6.45, 7) is 6.28. The first-order valence-electron chi connectivity index (χ1n) is 21.2. The van der Waals surface area contributed by atoms with Crippen LogP contribution in [0, 0.1) is 12.3 Å². The fourth-order valence-electron chi connectivity index (χ4n) is 5.91. The zero-order valence-corrected chi connectivity index (χ0v) is 35.3. The normalized spacial score (nSPS) is 12.6. The van der Waals surface area contributed by atoms with E-state index < -0.39 is 59.6 Å². The highest BCUT2D eigenvalue weighted by atomic mass is 16.5. The van der Waals surface area contributed by atoms with Crippen molar-refractivity contribution in [2.24, 2.45) is 0 Å². The van der Waals surface area contributed by atoms with Gasteiger partial charge in [-0.1, -0.05) is 109 Å². The fourth-order valence-corrected chi connectivity index (χ4v) is 5.91. The molecule has 0 bridgehead atoms. The Hall–Kier alpha value is -3.83. The molecule has 0 saturated heterocycles. The SMILES string of the molecule is C#CCCCCCCCCCCCC(O)CC(O)COC(C)=O.C=CCCCCCCCCCCCC(O)CC(O)COC(C)=O.O=C(O)c1cc(O)c(O)c(O)c1. The van der Waals surface area contributed by atoms with Gasteiger partial charge in [-0.05, 0) is 44.2 Å². The van der Waals surface area contributed by atoms with Crippen LogP contribution >= 0.6 is 0 Å². The van der Waals surface area contributed by atoms with Gasteiger partial charge in [-0.25, -0.2) is 4.79 Å². The molecular formula is C45H76O13. The Morgan fingerprint density at radius 1 is 0.621 bits per heavy atom. The summed E-state index contributed by atoms with van der Waals surface area (Å²) in [5.41, 5.74) is -0.289. The van der Waals surface area contributed by atoms with E-state index in [1.807, 2.05) is 6.08 Å². The summed E-state index contributed by atoms with van der Waals surface area (Å²) in [5.74, 6) is -1.48. The number of aromatic hydroxyl groups is 3. The second-order valence-electron chi connectivity index (χ2n) is 14.8. The molecule has 13 nitrogen and oxygen atoms in total. The number of carboxylic acid groups (broad SMARTS) is 1. The number of ether oxygens (including phenoxy) is 2. The number of phenolic OH excluding ortho intramolecular Hbond substituents is 3. The van der Waals surface area contributed by atoms with Crippen LogP contribution in [0.25, 0.3) is 0 Å². The van der Waals surface area contributed by atoms with E-state index in [-0.39, 0.29) is 31.6 Å². The summed E-state index contributed by atoms with van der Waals surface area (Å²) in [6, 6.07) is 1.69. The van der Waals surface area contributed by atoms with Crippen molar-refractivity contribution in [2.45, 2.75) is 192 Å². The molecule has 0 fully saturated rings. The van der Waals surface area contributed by atoms with E-state index in [1.54, 1.807) is 0 Å². The zero-order valence-electron chi connectivity index (χ0n) is 35.3. The van der Waals surface area contributed by atoms with Crippen molar-refractivity contribution in [3.63, 3.8) is 0 Å². The second kappa shape index (κ2) is 38.7. The van der Waals surface area contributed by atoms with Gasteiger partial charge in [0.15, 0.2) is 17.2 Å². The minimum atomic E-state index is -1.29. The Bertz CT molecular complexity index is 1220. The van der Waals surface area contributed by atoms with Gasteiger partial charge in [0.25, 0.3) is 0 Å². The van der Waals surface area contributed by atoms with Crippen LogP contribution in [0.1, 0.15) is 178 Å². The van der Waals surface area contributed by atoms with E-state index >= 15 is 0 Å². The lowest BCUT2D eigenvalue weighted by Gasteiger charge is -2.15. The summed E-state index contributed by atoms with van der Waals surface area (Å²) in [4.78, 5) is 31.5. The van der Waals surface area contributed by atoms with Crippen molar-refractivity contribution < 1.29 is 64.7 Å². The van der Waals surface area contributed by atoms with E-state index in [4.69, 9.17) is 36.3 Å². The number of allylic oxidation sites excluding steroid dienone is 1. The fraction of sp³-hybridized carbons (Fsp3) is 0.711. The summed E-state index contributed by atoms with van der Waals surface area (Å²) >= 11 is 0. The number of terminal acetylenes is 1. The highest BCUT2D eigenvalue weighted by Crippen LogP contribution is 2.35. The Balaban J connectivity index is 0. The number of benzene rings is 1. The van der Waals surface area contributed by atoms with Gasteiger partial charge >= 0.3 is 17.9 Å². The summed E-state index contributed by atoms with van der Waals surface area (Å²) in [6.07, 6.45) is 30.5. The third-order valence-corrected chi connectivity index (χ3v) is 9.17. The van der Waals surface area contributed by atoms with Crippen LogP contribution in [-0.4, -0.2) is 96.4 Å². The van der Waals surface area contributed by atoms with Gasteiger partial charge in [-0.2, -0.15) is 0 Å². The van der Waals surface area contributed by atoms with Gasteiger partial charge in [0, 0.05) is 33.1 Å². The molecule has 334 valence electrons. The molecule has 0 aliphatic carbocycles. The van der Waals surface area contributed by atoms with Crippen LogP contribution in [0.4, 0.5) is 0 Å². The van der Waals surface area contributed by atoms with Crippen molar-refractivity contribution in [2.75, 3.05) is 13.2 Å². The number of aromatic carboxylic acids is 1. The molecule has 4 atom stereocenters. The smallest absolute Gasteiger partial charge is 0.335 e. The van der Waals surface area contributed by atoms with Crippen LogP contribution in [0.5, 0.6) is 17.2 Å². The molecule has 0 aliphatic heterocycles. The van der Waals surface area contributed by atoms with Crippen LogP contribution in [0.3, 0.4) is 0 Å². The minimum absolute atomic E-state index is 0.0286. The molecule has 0 radical (unpaired) electrons. The highest BCUT2D eigenvalue weighted by Gasteiger charge is 2.14. The molecule has 13 heteroatoms. The first kappa shape index (κ1) is 56.3. The molecule has 0 aromatic heterocycles. The van der Waals surface area contributed by atoms with E-state index in [2.05, 4.69) is 12.5 Å². The lowest BCUT2D eigenvalue weighted by Crippen LogP contribution is -2.23. The number of phenols is 3. The van der Waals surface area contributed by atoms with Crippen molar-refractivity contribution in [3.05, 3.63) is 30.4 Å². The molecule has 1 aromatic carbocycles. The number of carbonyl (C=O) groups is 3. The number of carboxylic acids is 1. The molecule has 1 aromatic rings. The van der Waals surface area contributed by atoms with Crippen LogP contribution in [0.2, 0.25) is 0 Å². The molecular weight excluding hydrogens is 748 g/mol. The van der Waals surface area contributed by atoms with Gasteiger partial charge in [0.2, 0.25) is 0 Å². The van der Waals surface area contributed by atoms with Crippen LogP contribution in [-0.2, 0) is 19.1 Å². The highest BCUT2D eigenvalue weighted by molar-refractivity contribution is 5.89. The first-order chi connectivity index (χ1) is 27.6. The van der Waals surface area contributed by atoms with Crippen molar-refractivity contribution >= 4 is 17.9 Å². The van der Waals surface area contributed by atoms with Crippen molar-refractivity contribution in [3.8, 4) is 29.6 Å². The van der Waals surface area contributed by atoms with Gasteiger partial charge < -0.3 is 50.3 Å². The van der Waals surface area contributed by atoms with Gasteiger partial charge in [0.05, 0.1) is 30.0 Å². The average molecular weight is 825 g/mol. The topological polar surface area (TPSA) is 232 Å². The number of aliphatic hydroxyl groups is 4. The number of aliphatic hydroxyl groups excluding tert-OH is 4. The number of rotatable bonds is 32. The summed E-state index contributed by atoms with van der Waals surface area (Å²) in [7, 11) is 0. The first-order valence-corrected chi connectivity index (χ1v) is 21.2. The number of unbranched alkanes of at least 4 members (excludes halogenated alkanes) is 18. The predicted octanol–water partition coefficient (Wildman–Crippen LogP) is 8.23. The monoisotopic (exact) mass is 825 g/mol. The number of carbonyl (C=O) groups excluding carboxylic acids is 2. The molecule has 0 aliphatic rings. The van der Waals surface area contributed by atoms with Gasteiger partial charge in [-0.3, -0.25) is 9.59 Å². The Labute approximate surface area is 347 Å². The molecule has 0 spiro atoms. The van der Waals surface area contributed by atoms with Gasteiger partial charge in [-0.15, -0.1) is 18.9 Å². The maximum Gasteiger partial charge on any atom is 0.335 e. The largest absolute Gasteiger partial charge is 0.504 e. The summed E-state index contributed by atoms with van der Waals surface area (Å²) in [5, 5.41) is 73.8. The lowest BCUT2D eigenvalue weighted by atomic mass is 10.0.